The maximum absolute atomic E-state index is 14.4. The minimum absolute atomic E-state index is 0.139. The number of hydrogen-bond donors (Lipinski definition) is 8. The molecule has 0 bridgehead atoms. The Morgan fingerprint density at radius 1 is 0.732 bits per heavy atom. The second kappa shape index (κ2) is 22.1. The van der Waals surface area contributed by atoms with Crippen LogP contribution in [0.3, 0.4) is 0 Å². The van der Waals surface area contributed by atoms with Crippen molar-refractivity contribution in [2.45, 2.75) is 123 Å². The fourth-order valence-corrected chi connectivity index (χ4v) is 6.50. The minimum atomic E-state index is -1.79. The number of likely N-dealkylation sites (tertiary alicyclic amines) is 1. The Morgan fingerprint density at radius 2 is 1.29 bits per heavy atom. The number of carboxylic acid groups (broad SMARTS) is 3. The lowest BCUT2D eigenvalue weighted by Gasteiger charge is -2.33. The van der Waals surface area contributed by atoms with E-state index in [0.717, 1.165) is 12.5 Å². The number of rotatable bonds is 22. The van der Waals surface area contributed by atoms with Crippen molar-refractivity contribution in [3.63, 3.8) is 0 Å². The highest BCUT2D eigenvalue weighted by Gasteiger charge is 2.44. The average Bonchev–Trinajstić information content (AvgIpc) is 3.54. The van der Waals surface area contributed by atoms with Crippen molar-refractivity contribution in [1.29, 1.82) is 0 Å². The number of aliphatic carboxylic acids is 3. The van der Waals surface area contributed by atoms with Crippen LogP contribution in [0, 0.1) is 17.8 Å². The zero-order valence-corrected chi connectivity index (χ0v) is 32.7. The highest BCUT2D eigenvalue weighted by molar-refractivity contribution is 5.98. The summed E-state index contributed by atoms with van der Waals surface area (Å²) in [6.45, 7) is 9.67. The number of hydrogen-bond acceptors (Lipinski definition) is 9. The van der Waals surface area contributed by atoms with E-state index in [9.17, 15) is 58.5 Å². The van der Waals surface area contributed by atoms with Gasteiger partial charge in [-0.25, -0.2) is 4.79 Å². The van der Waals surface area contributed by atoms with E-state index in [4.69, 9.17) is 0 Å². The molecule has 0 spiro atoms. The second-order valence-corrected chi connectivity index (χ2v) is 14.6. The average molecular weight is 789 g/mol. The van der Waals surface area contributed by atoms with Crippen LogP contribution in [0.15, 0.2) is 30.3 Å². The van der Waals surface area contributed by atoms with Crippen LogP contribution >= 0.6 is 0 Å². The van der Waals surface area contributed by atoms with E-state index in [0.29, 0.717) is 19.3 Å². The normalized spacial score (nSPS) is 18.3. The first kappa shape index (κ1) is 46.6. The largest absolute Gasteiger partial charge is 0.481 e. The summed E-state index contributed by atoms with van der Waals surface area (Å²) in [5, 5.41) is 40.5. The Labute approximate surface area is 325 Å². The van der Waals surface area contributed by atoms with E-state index in [1.165, 1.54) is 4.90 Å². The van der Waals surface area contributed by atoms with E-state index in [1.807, 2.05) is 30.3 Å². The van der Waals surface area contributed by atoms with Crippen LogP contribution in [0.5, 0.6) is 0 Å². The van der Waals surface area contributed by atoms with Gasteiger partial charge < -0.3 is 46.8 Å². The number of benzene rings is 1. The molecule has 8 atom stereocenters. The van der Waals surface area contributed by atoms with Crippen molar-refractivity contribution in [1.82, 2.24) is 31.5 Å². The van der Waals surface area contributed by atoms with Gasteiger partial charge in [0.2, 0.25) is 35.4 Å². The second-order valence-electron chi connectivity index (χ2n) is 14.6. The summed E-state index contributed by atoms with van der Waals surface area (Å²) in [7, 11) is 0. The smallest absolute Gasteiger partial charge is 0.326 e. The Balaban J connectivity index is 2.39. The van der Waals surface area contributed by atoms with E-state index >= 15 is 0 Å². The predicted octanol–water partition coefficient (Wildman–Crippen LogP) is 0.426. The third-order valence-electron chi connectivity index (χ3n) is 9.64. The molecule has 2 rings (SSSR count). The summed E-state index contributed by atoms with van der Waals surface area (Å²) in [6, 6.07) is 1.25. The van der Waals surface area contributed by atoms with Crippen molar-refractivity contribution in [3.05, 3.63) is 35.9 Å². The SMILES string of the molecule is CCC[C@H](NC(=O)[C@@H]1C[C@@H](Cc2ccccc2)CN1C(=O)[C@@H](NC(=O)[C@@H](NC(=O)[C@H](CC(=O)O)NC(=O)[C@H](CC(=O)O)NC(C)=O)[C@@H](C)CC)C(C)C)C(=O)O. The van der Waals surface area contributed by atoms with Crippen molar-refractivity contribution in [3.8, 4) is 0 Å². The van der Waals surface area contributed by atoms with E-state index in [1.54, 1.807) is 34.6 Å². The van der Waals surface area contributed by atoms with Gasteiger partial charge in [-0.2, -0.15) is 0 Å². The standard InChI is InChI=1S/C38H56N6O12/c1-7-12-25(38(55)56)40-35(52)28-16-24(15-23-13-10-9-11-14-23)19-44(28)37(54)31(20(3)4)42-36(53)32(21(5)8-2)43-34(51)27(18-30(48)49)41-33(50)26(17-29(46)47)39-22(6)45/h9-11,13-14,20-21,24-28,31-32H,7-8,12,15-19H2,1-6H3,(H,39,45)(H,40,52)(H,41,50)(H,42,53)(H,43,51)(H,46,47)(H,48,49)(H,55,56)/t21-,24+,25-,26-,27-,28-,31-,32-/m0/s1. The Kier molecular flexibility index (Phi) is 18.4. The first-order valence-corrected chi connectivity index (χ1v) is 18.8. The minimum Gasteiger partial charge on any atom is -0.481 e. The molecule has 1 heterocycles. The van der Waals surface area contributed by atoms with Crippen molar-refractivity contribution in [2.24, 2.45) is 17.8 Å². The van der Waals surface area contributed by atoms with E-state index < -0.39 is 114 Å². The molecule has 1 aliphatic heterocycles. The van der Waals surface area contributed by atoms with Gasteiger partial charge in [0.1, 0.15) is 36.3 Å². The van der Waals surface area contributed by atoms with Gasteiger partial charge in [-0.15, -0.1) is 0 Å². The lowest BCUT2D eigenvalue weighted by atomic mass is 9.95. The zero-order chi connectivity index (χ0) is 42.3. The van der Waals surface area contributed by atoms with Crippen LogP contribution in [-0.4, -0.2) is 116 Å². The van der Waals surface area contributed by atoms with Gasteiger partial charge in [-0.1, -0.05) is 77.8 Å². The fourth-order valence-electron chi connectivity index (χ4n) is 6.50. The fraction of sp³-hybridized carbons (Fsp3) is 0.605. The van der Waals surface area contributed by atoms with Crippen LogP contribution in [0.4, 0.5) is 0 Å². The molecule has 1 saturated heterocycles. The van der Waals surface area contributed by atoms with Gasteiger partial charge in [0.15, 0.2) is 0 Å². The quantitative estimate of drug-likeness (QED) is 0.0795. The van der Waals surface area contributed by atoms with Gasteiger partial charge in [-0.3, -0.25) is 38.4 Å². The maximum Gasteiger partial charge on any atom is 0.326 e. The van der Waals surface area contributed by atoms with Gasteiger partial charge in [0.25, 0.3) is 0 Å². The number of nitrogens with zero attached hydrogens (tertiary/aromatic N) is 1. The number of carbonyl (C=O) groups excluding carboxylic acids is 6. The number of carboxylic acids is 3. The van der Waals surface area contributed by atoms with Crippen LogP contribution < -0.4 is 26.6 Å². The molecular formula is C38H56N6O12. The molecule has 6 amide bonds. The Bertz CT molecular complexity index is 1570. The molecule has 0 aromatic heterocycles. The topological polar surface area (TPSA) is 278 Å². The number of amides is 6. The molecule has 0 radical (unpaired) electrons. The third-order valence-corrected chi connectivity index (χ3v) is 9.64. The lowest BCUT2D eigenvalue weighted by Crippen LogP contribution is -2.61. The van der Waals surface area contributed by atoms with Crippen LogP contribution in [0.1, 0.15) is 85.6 Å². The van der Waals surface area contributed by atoms with Crippen molar-refractivity contribution < 1.29 is 58.5 Å². The molecule has 1 aromatic rings. The van der Waals surface area contributed by atoms with Crippen molar-refractivity contribution >= 4 is 53.4 Å². The van der Waals surface area contributed by atoms with Crippen LogP contribution in [0.25, 0.3) is 0 Å². The van der Waals surface area contributed by atoms with Gasteiger partial charge in [0, 0.05) is 13.5 Å². The summed E-state index contributed by atoms with van der Waals surface area (Å²) in [5.74, 6) is -10.5. The number of nitrogens with one attached hydrogen (secondary N) is 5. The molecule has 18 heteroatoms. The molecule has 0 aliphatic carbocycles. The predicted molar refractivity (Wildman–Crippen MR) is 200 cm³/mol. The lowest BCUT2D eigenvalue weighted by molar-refractivity contribution is -0.146. The maximum atomic E-state index is 14.4. The molecule has 1 fully saturated rings. The summed E-state index contributed by atoms with van der Waals surface area (Å²) < 4.78 is 0. The van der Waals surface area contributed by atoms with Gasteiger partial charge in [0.05, 0.1) is 12.8 Å². The molecule has 0 unspecified atom stereocenters. The molecule has 8 N–H and O–H groups in total. The number of carbonyl (C=O) groups is 9. The molecule has 0 saturated carbocycles. The van der Waals surface area contributed by atoms with Gasteiger partial charge >= 0.3 is 17.9 Å². The van der Waals surface area contributed by atoms with Crippen LogP contribution in [0.2, 0.25) is 0 Å². The van der Waals surface area contributed by atoms with E-state index in [-0.39, 0.29) is 25.3 Å². The molecule has 1 aliphatic rings. The Hall–Kier alpha value is -5.55. The van der Waals surface area contributed by atoms with Gasteiger partial charge in [-0.05, 0) is 42.6 Å². The first-order chi connectivity index (χ1) is 26.3. The van der Waals surface area contributed by atoms with Crippen molar-refractivity contribution in [2.75, 3.05) is 6.54 Å². The molecular weight excluding hydrogens is 732 g/mol. The summed E-state index contributed by atoms with van der Waals surface area (Å²) in [5.41, 5.74) is 0.978. The summed E-state index contributed by atoms with van der Waals surface area (Å²) in [6.07, 6.45) is -0.0523. The highest BCUT2D eigenvalue weighted by Crippen LogP contribution is 2.29. The Morgan fingerprint density at radius 3 is 1.79 bits per heavy atom. The third kappa shape index (κ3) is 14.3. The molecule has 56 heavy (non-hydrogen) atoms. The van der Waals surface area contributed by atoms with Crippen LogP contribution in [-0.2, 0) is 49.6 Å². The zero-order valence-electron chi connectivity index (χ0n) is 32.7. The highest BCUT2D eigenvalue weighted by atomic mass is 16.4. The first-order valence-electron chi connectivity index (χ1n) is 18.8. The molecule has 310 valence electrons. The molecule has 1 aromatic carbocycles. The van der Waals surface area contributed by atoms with E-state index in [2.05, 4.69) is 26.6 Å². The monoisotopic (exact) mass is 788 g/mol. The summed E-state index contributed by atoms with van der Waals surface area (Å²) in [4.78, 5) is 116. The molecule has 18 nitrogen and oxygen atoms in total. The summed E-state index contributed by atoms with van der Waals surface area (Å²) >= 11 is 0.